The number of rotatable bonds is 7. The Morgan fingerprint density at radius 3 is 2.63 bits per heavy atom. The fourth-order valence-corrected chi connectivity index (χ4v) is 1.76. The quantitative estimate of drug-likeness (QED) is 0.433. The van der Waals surface area contributed by atoms with Gasteiger partial charge in [0, 0.05) is 30.6 Å². The van der Waals surface area contributed by atoms with Gasteiger partial charge >= 0.3 is 0 Å². The second kappa shape index (κ2) is 7.54. The van der Waals surface area contributed by atoms with Gasteiger partial charge in [-0.1, -0.05) is 37.0 Å². The number of nitrogens with zero attached hydrogens (tertiary/aromatic N) is 1. The first kappa shape index (κ1) is 15.2. The third-order valence-electron chi connectivity index (χ3n) is 2.83. The van der Waals surface area contributed by atoms with E-state index < -0.39 is 0 Å². The molecular formula is C16H22N2O. The van der Waals surface area contributed by atoms with Gasteiger partial charge in [0.2, 0.25) is 0 Å². The van der Waals surface area contributed by atoms with E-state index in [0.29, 0.717) is 6.04 Å². The zero-order valence-corrected chi connectivity index (χ0v) is 11.7. The van der Waals surface area contributed by atoms with Gasteiger partial charge in [0.05, 0.1) is 0 Å². The summed E-state index contributed by atoms with van der Waals surface area (Å²) in [6.45, 7) is 12.2. The van der Waals surface area contributed by atoms with Crippen LogP contribution in [0.3, 0.4) is 0 Å². The summed E-state index contributed by atoms with van der Waals surface area (Å²) < 4.78 is 0. The Kier molecular flexibility index (Phi) is 6.03. The average molecular weight is 258 g/mol. The smallest absolute Gasteiger partial charge is 0.254 e. The van der Waals surface area contributed by atoms with Crippen LogP contribution in [0.25, 0.3) is 0 Å². The van der Waals surface area contributed by atoms with Gasteiger partial charge in [-0.05, 0) is 26.3 Å². The predicted molar refractivity (Wildman–Crippen MR) is 80.3 cm³/mol. The third-order valence-corrected chi connectivity index (χ3v) is 2.83. The Hall–Kier alpha value is -1.87. The molecule has 3 heteroatoms. The second-order valence-corrected chi connectivity index (χ2v) is 4.50. The summed E-state index contributed by atoms with van der Waals surface area (Å²) in [6.07, 6.45) is 11.3. The van der Waals surface area contributed by atoms with Crippen molar-refractivity contribution in [1.82, 2.24) is 10.2 Å². The summed E-state index contributed by atoms with van der Waals surface area (Å²) in [5.41, 5.74) is 1.86. The van der Waals surface area contributed by atoms with Crippen molar-refractivity contribution in [2.75, 3.05) is 6.54 Å². The first-order chi connectivity index (χ1) is 9.12. The molecule has 19 heavy (non-hydrogen) atoms. The second-order valence-electron chi connectivity index (χ2n) is 4.50. The maximum absolute atomic E-state index is 12.2. The molecule has 0 aromatic heterocycles. The van der Waals surface area contributed by atoms with Crippen molar-refractivity contribution >= 4 is 5.91 Å². The molecule has 1 aliphatic rings. The summed E-state index contributed by atoms with van der Waals surface area (Å²) in [5, 5.41) is 3.22. The molecule has 1 N–H and O–H groups in total. The molecule has 1 fully saturated rings. The third kappa shape index (κ3) is 5.10. The lowest BCUT2D eigenvalue weighted by atomic mass is 10.1. The van der Waals surface area contributed by atoms with Crippen molar-refractivity contribution in [2.24, 2.45) is 0 Å². The molecule has 1 unspecified atom stereocenters. The van der Waals surface area contributed by atoms with Crippen LogP contribution < -0.4 is 5.32 Å². The first-order valence-electron chi connectivity index (χ1n) is 6.44. The molecule has 1 amide bonds. The van der Waals surface area contributed by atoms with Crippen LogP contribution in [0, 0.1) is 0 Å². The van der Waals surface area contributed by atoms with Gasteiger partial charge in [-0.25, -0.2) is 0 Å². The minimum absolute atomic E-state index is 0.0741. The van der Waals surface area contributed by atoms with Crippen LogP contribution in [0.4, 0.5) is 0 Å². The molecule has 0 bridgehead atoms. The molecule has 0 saturated carbocycles. The van der Waals surface area contributed by atoms with Gasteiger partial charge in [0.1, 0.15) is 0 Å². The standard InChI is InChI=1S/C16H22N2O/c1-5-8-9-15(6-2)18(7-3)16(19)11-13(4)10-14-12-17-14/h5-9,11,14,17H,1,3,10,12H2,2,4H3/b9-8-,13-11+,15-6+. The summed E-state index contributed by atoms with van der Waals surface area (Å²) in [6, 6.07) is 0.545. The van der Waals surface area contributed by atoms with Gasteiger partial charge < -0.3 is 5.32 Å². The lowest BCUT2D eigenvalue weighted by molar-refractivity contribution is -0.122. The van der Waals surface area contributed by atoms with E-state index in [2.05, 4.69) is 18.5 Å². The SMILES string of the molecule is C=C/C=C\C(=C/C)N(C=C)C(=O)/C=C(\C)CC1CN1. The van der Waals surface area contributed by atoms with Crippen molar-refractivity contribution in [3.8, 4) is 0 Å². The highest BCUT2D eigenvalue weighted by atomic mass is 16.2. The number of allylic oxidation sites excluding steroid dienone is 4. The number of carbonyl (C=O) groups is 1. The van der Waals surface area contributed by atoms with Crippen LogP contribution in [-0.4, -0.2) is 23.4 Å². The summed E-state index contributed by atoms with van der Waals surface area (Å²) in [4.78, 5) is 13.7. The number of hydrogen-bond acceptors (Lipinski definition) is 2. The van der Waals surface area contributed by atoms with Crippen molar-refractivity contribution in [3.63, 3.8) is 0 Å². The van der Waals surface area contributed by atoms with E-state index in [9.17, 15) is 4.79 Å². The summed E-state index contributed by atoms with van der Waals surface area (Å²) in [5.74, 6) is -0.0741. The van der Waals surface area contributed by atoms with Crippen LogP contribution in [0.1, 0.15) is 20.3 Å². The van der Waals surface area contributed by atoms with E-state index in [0.717, 1.165) is 24.2 Å². The Balaban J connectivity index is 2.76. The van der Waals surface area contributed by atoms with Gasteiger partial charge in [-0.3, -0.25) is 9.69 Å². The number of nitrogens with one attached hydrogen (secondary N) is 1. The fourth-order valence-electron chi connectivity index (χ4n) is 1.76. The van der Waals surface area contributed by atoms with Crippen LogP contribution in [-0.2, 0) is 4.79 Å². The van der Waals surface area contributed by atoms with Crippen molar-refractivity contribution in [1.29, 1.82) is 0 Å². The van der Waals surface area contributed by atoms with Crippen LogP contribution >= 0.6 is 0 Å². The van der Waals surface area contributed by atoms with Gasteiger partial charge in [-0.15, -0.1) is 0 Å². The molecule has 1 rings (SSSR count). The summed E-state index contributed by atoms with van der Waals surface area (Å²) in [7, 11) is 0. The van der Waals surface area contributed by atoms with E-state index in [1.54, 1.807) is 18.2 Å². The average Bonchev–Trinajstić information content (AvgIpc) is 3.17. The molecule has 3 nitrogen and oxygen atoms in total. The predicted octanol–water partition coefficient (Wildman–Crippen LogP) is 2.91. The molecule has 1 heterocycles. The highest BCUT2D eigenvalue weighted by Crippen LogP contribution is 2.14. The zero-order valence-electron chi connectivity index (χ0n) is 11.7. The normalized spacial score (nSPS) is 19.4. The number of carbonyl (C=O) groups excluding carboxylic acids is 1. The van der Waals surface area contributed by atoms with Crippen LogP contribution in [0.5, 0.6) is 0 Å². The minimum atomic E-state index is -0.0741. The largest absolute Gasteiger partial charge is 0.311 e. The molecule has 102 valence electrons. The Morgan fingerprint density at radius 1 is 1.47 bits per heavy atom. The van der Waals surface area contributed by atoms with Crippen LogP contribution in [0.15, 0.2) is 61.0 Å². The lowest BCUT2D eigenvalue weighted by Gasteiger charge is -2.17. The van der Waals surface area contributed by atoms with Gasteiger partial charge in [0.25, 0.3) is 5.91 Å². The monoisotopic (exact) mass is 258 g/mol. The van der Waals surface area contributed by atoms with E-state index in [1.807, 2.05) is 26.0 Å². The minimum Gasteiger partial charge on any atom is -0.311 e. The van der Waals surface area contributed by atoms with E-state index in [1.165, 1.54) is 11.1 Å². The molecule has 0 aromatic carbocycles. The van der Waals surface area contributed by atoms with E-state index in [-0.39, 0.29) is 5.91 Å². The maximum Gasteiger partial charge on any atom is 0.254 e. The molecule has 1 aliphatic heterocycles. The molecule has 0 spiro atoms. The van der Waals surface area contributed by atoms with Gasteiger partial charge in [0.15, 0.2) is 0 Å². The van der Waals surface area contributed by atoms with Crippen molar-refractivity contribution < 1.29 is 4.79 Å². The van der Waals surface area contributed by atoms with Gasteiger partial charge in [-0.2, -0.15) is 0 Å². The van der Waals surface area contributed by atoms with E-state index >= 15 is 0 Å². The van der Waals surface area contributed by atoms with Crippen molar-refractivity contribution in [2.45, 2.75) is 26.3 Å². The number of amides is 1. The Bertz CT molecular complexity index is 440. The molecule has 1 atom stereocenters. The molecular weight excluding hydrogens is 236 g/mol. The maximum atomic E-state index is 12.2. The fraction of sp³-hybridized carbons (Fsp3) is 0.312. The highest BCUT2D eigenvalue weighted by molar-refractivity contribution is 5.90. The summed E-state index contributed by atoms with van der Waals surface area (Å²) >= 11 is 0. The van der Waals surface area contributed by atoms with E-state index in [4.69, 9.17) is 0 Å². The zero-order chi connectivity index (χ0) is 14.3. The Morgan fingerprint density at radius 2 is 2.16 bits per heavy atom. The van der Waals surface area contributed by atoms with Crippen molar-refractivity contribution in [3.05, 3.63) is 61.0 Å². The molecule has 0 radical (unpaired) electrons. The molecule has 1 saturated heterocycles. The van der Waals surface area contributed by atoms with Crippen LogP contribution in [0.2, 0.25) is 0 Å². The number of hydrogen-bond donors (Lipinski definition) is 1. The molecule has 0 aromatic rings. The lowest BCUT2D eigenvalue weighted by Crippen LogP contribution is -2.22. The first-order valence-corrected chi connectivity index (χ1v) is 6.44. The Labute approximate surface area is 115 Å². The molecule has 0 aliphatic carbocycles. The topological polar surface area (TPSA) is 42.2 Å². The highest BCUT2D eigenvalue weighted by Gasteiger charge is 2.20.